The lowest BCUT2D eigenvalue weighted by Gasteiger charge is -2.14. The lowest BCUT2D eigenvalue weighted by Crippen LogP contribution is -2.37. The number of nitrogens with zero attached hydrogens (tertiary/aromatic N) is 3. The molecule has 0 spiro atoms. The van der Waals surface area contributed by atoms with Crippen molar-refractivity contribution < 1.29 is 4.79 Å². The fourth-order valence-corrected chi connectivity index (χ4v) is 1.55. The van der Waals surface area contributed by atoms with E-state index in [1.54, 1.807) is 17.9 Å². The van der Waals surface area contributed by atoms with Gasteiger partial charge in [-0.15, -0.1) is 0 Å². The van der Waals surface area contributed by atoms with E-state index >= 15 is 0 Å². The van der Waals surface area contributed by atoms with E-state index < -0.39 is 6.04 Å². The molecule has 1 unspecified atom stereocenters. The Morgan fingerprint density at radius 2 is 2.29 bits per heavy atom. The van der Waals surface area contributed by atoms with Crippen molar-refractivity contribution in [3.8, 4) is 6.07 Å². The summed E-state index contributed by atoms with van der Waals surface area (Å²) in [5.41, 5.74) is 1.31. The summed E-state index contributed by atoms with van der Waals surface area (Å²) in [6.45, 7) is 5.75. The van der Waals surface area contributed by atoms with Crippen LogP contribution >= 0.6 is 0 Å². The molecule has 0 aliphatic rings. The van der Waals surface area contributed by atoms with Crippen LogP contribution in [0.15, 0.2) is 6.20 Å². The van der Waals surface area contributed by atoms with Crippen molar-refractivity contribution in [3.05, 3.63) is 17.5 Å². The zero-order valence-electron chi connectivity index (χ0n) is 10.7. The summed E-state index contributed by atoms with van der Waals surface area (Å²) in [6, 6.07) is 1.62. The maximum absolute atomic E-state index is 12.0. The first-order valence-electron chi connectivity index (χ1n) is 5.72. The molecule has 1 aromatic heterocycles. The summed E-state index contributed by atoms with van der Waals surface area (Å²) in [5.74, 6) is -0.138. The Morgan fingerprint density at radius 1 is 1.65 bits per heavy atom. The molecule has 1 aromatic rings. The van der Waals surface area contributed by atoms with Crippen molar-refractivity contribution in [2.24, 2.45) is 13.0 Å². The molecule has 92 valence electrons. The highest BCUT2D eigenvalue weighted by atomic mass is 16.1. The Balaban J connectivity index is 2.86. The second-order valence-corrected chi connectivity index (χ2v) is 4.34. The second kappa shape index (κ2) is 5.48. The van der Waals surface area contributed by atoms with Gasteiger partial charge in [-0.25, -0.2) is 0 Å². The monoisotopic (exact) mass is 234 g/mol. The Bertz CT molecular complexity index is 442. The molecule has 0 saturated carbocycles. The molecule has 5 heteroatoms. The largest absolute Gasteiger partial charge is 0.336 e. The van der Waals surface area contributed by atoms with Crippen LogP contribution in [-0.2, 0) is 13.5 Å². The first-order chi connectivity index (χ1) is 7.99. The van der Waals surface area contributed by atoms with Gasteiger partial charge in [-0.2, -0.15) is 10.4 Å². The summed E-state index contributed by atoms with van der Waals surface area (Å²) >= 11 is 0. The van der Waals surface area contributed by atoms with Gasteiger partial charge in [0.1, 0.15) is 6.04 Å². The van der Waals surface area contributed by atoms with Crippen LogP contribution in [0.5, 0.6) is 0 Å². The Labute approximate surface area is 101 Å². The van der Waals surface area contributed by atoms with Gasteiger partial charge in [-0.05, 0) is 12.3 Å². The minimum Gasteiger partial charge on any atom is -0.336 e. The van der Waals surface area contributed by atoms with Crippen LogP contribution in [0.2, 0.25) is 0 Å². The van der Waals surface area contributed by atoms with Gasteiger partial charge >= 0.3 is 0 Å². The summed E-state index contributed by atoms with van der Waals surface area (Å²) in [6.07, 6.45) is 2.38. The SMILES string of the molecule is CCc1nn(C)cc1C(=O)NC(C#N)C(C)C. The van der Waals surface area contributed by atoms with Crippen LogP contribution in [0, 0.1) is 17.2 Å². The Kier molecular flexibility index (Phi) is 4.27. The number of aryl methyl sites for hydroxylation is 2. The minimum absolute atomic E-state index is 0.0886. The lowest BCUT2D eigenvalue weighted by atomic mass is 10.1. The van der Waals surface area contributed by atoms with E-state index in [0.717, 1.165) is 5.69 Å². The molecule has 1 N–H and O–H groups in total. The number of carbonyl (C=O) groups is 1. The highest BCUT2D eigenvalue weighted by molar-refractivity contribution is 5.95. The number of aromatic nitrogens is 2. The van der Waals surface area contributed by atoms with E-state index in [0.29, 0.717) is 12.0 Å². The van der Waals surface area contributed by atoms with Crippen molar-refractivity contribution in [1.82, 2.24) is 15.1 Å². The molecule has 5 nitrogen and oxygen atoms in total. The van der Waals surface area contributed by atoms with E-state index in [1.807, 2.05) is 20.8 Å². The average molecular weight is 234 g/mol. The standard InChI is InChI=1S/C12H18N4O/c1-5-10-9(7-16(4)15-10)12(17)14-11(6-13)8(2)3/h7-8,11H,5H2,1-4H3,(H,14,17). The molecule has 1 rings (SSSR count). The Hall–Kier alpha value is -1.83. The third-order valence-corrected chi connectivity index (χ3v) is 2.58. The topological polar surface area (TPSA) is 70.7 Å². The lowest BCUT2D eigenvalue weighted by molar-refractivity contribution is 0.0936. The van der Waals surface area contributed by atoms with Gasteiger partial charge in [0.2, 0.25) is 0 Å². The highest BCUT2D eigenvalue weighted by Gasteiger charge is 2.19. The molecule has 1 amide bonds. The first-order valence-corrected chi connectivity index (χ1v) is 5.72. The summed E-state index contributed by atoms with van der Waals surface area (Å²) in [5, 5.41) is 15.9. The Morgan fingerprint density at radius 3 is 2.76 bits per heavy atom. The number of carbonyl (C=O) groups excluding carboxylic acids is 1. The summed E-state index contributed by atoms with van der Waals surface area (Å²) < 4.78 is 1.62. The van der Waals surface area contributed by atoms with Crippen molar-refractivity contribution in [2.75, 3.05) is 0 Å². The number of nitriles is 1. The fraction of sp³-hybridized carbons (Fsp3) is 0.583. The molecule has 0 aromatic carbocycles. The highest BCUT2D eigenvalue weighted by Crippen LogP contribution is 2.09. The molecule has 0 bridgehead atoms. The third-order valence-electron chi connectivity index (χ3n) is 2.58. The van der Waals surface area contributed by atoms with Crippen LogP contribution in [-0.4, -0.2) is 21.7 Å². The first kappa shape index (κ1) is 13.2. The van der Waals surface area contributed by atoms with Crippen molar-refractivity contribution in [2.45, 2.75) is 33.2 Å². The molecule has 0 aliphatic heterocycles. The zero-order chi connectivity index (χ0) is 13.0. The van der Waals surface area contributed by atoms with Crippen LogP contribution in [0.25, 0.3) is 0 Å². The van der Waals surface area contributed by atoms with E-state index in [9.17, 15) is 4.79 Å². The van der Waals surface area contributed by atoms with Gasteiger partial charge in [0, 0.05) is 13.2 Å². The quantitative estimate of drug-likeness (QED) is 0.852. The molecule has 1 heterocycles. The van der Waals surface area contributed by atoms with Crippen LogP contribution in [0.3, 0.4) is 0 Å². The van der Waals surface area contributed by atoms with Gasteiger partial charge in [0.25, 0.3) is 5.91 Å². The van der Waals surface area contributed by atoms with Crippen LogP contribution in [0.4, 0.5) is 0 Å². The molecular weight excluding hydrogens is 216 g/mol. The van der Waals surface area contributed by atoms with E-state index in [4.69, 9.17) is 5.26 Å². The minimum atomic E-state index is -0.465. The van der Waals surface area contributed by atoms with Gasteiger partial charge < -0.3 is 5.32 Å². The number of hydrogen-bond acceptors (Lipinski definition) is 3. The predicted octanol–water partition coefficient (Wildman–Crippen LogP) is 1.26. The summed E-state index contributed by atoms with van der Waals surface area (Å²) in [4.78, 5) is 12.0. The van der Waals surface area contributed by atoms with Gasteiger partial charge in [0.05, 0.1) is 17.3 Å². The normalized spacial score (nSPS) is 12.2. The van der Waals surface area contributed by atoms with Gasteiger partial charge in [0.15, 0.2) is 0 Å². The molecule has 0 aliphatic carbocycles. The third kappa shape index (κ3) is 3.06. The van der Waals surface area contributed by atoms with E-state index in [1.165, 1.54) is 0 Å². The molecule has 1 atom stereocenters. The van der Waals surface area contributed by atoms with E-state index in [2.05, 4.69) is 16.5 Å². The number of rotatable bonds is 4. The molecule has 0 radical (unpaired) electrons. The maximum atomic E-state index is 12.0. The van der Waals surface area contributed by atoms with Crippen molar-refractivity contribution in [3.63, 3.8) is 0 Å². The van der Waals surface area contributed by atoms with Crippen LogP contribution in [0.1, 0.15) is 36.8 Å². The maximum Gasteiger partial charge on any atom is 0.255 e. The average Bonchev–Trinajstić information content (AvgIpc) is 2.66. The number of amides is 1. The predicted molar refractivity (Wildman–Crippen MR) is 64.3 cm³/mol. The van der Waals surface area contributed by atoms with Gasteiger partial charge in [-0.3, -0.25) is 9.48 Å². The van der Waals surface area contributed by atoms with E-state index in [-0.39, 0.29) is 11.8 Å². The molecule has 0 fully saturated rings. The second-order valence-electron chi connectivity index (χ2n) is 4.34. The van der Waals surface area contributed by atoms with Crippen molar-refractivity contribution >= 4 is 5.91 Å². The number of hydrogen-bond donors (Lipinski definition) is 1. The molecule has 0 saturated heterocycles. The summed E-state index contributed by atoms with van der Waals surface area (Å²) in [7, 11) is 1.78. The zero-order valence-corrected chi connectivity index (χ0v) is 10.7. The number of nitrogens with one attached hydrogen (secondary N) is 1. The fourth-order valence-electron chi connectivity index (χ4n) is 1.55. The molecular formula is C12H18N4O. The van der Waals surface area contributed by atoms with Crippen LogP contribution < -0.4 is 5.32 Å². The molecule has 17 heavy (non-hydrogen) atoms. The van der Waals surface area contributed by atoms with Crippen molar-refractivity contribution in [1.29, 1.82) is 5.26 Å². The van der Waals surface area contributed by atoms with Gasteiger partial charge in [-0.1, -0.05) is 20.8 Å². The smallest absolute Gasteiger partial charge is 0.255 e.